The standard InChI is InChI=1S/C18H18N4/c1-18(2,3)21-17-16(14-9-7-13(12-19)8-10-14)20-15-6-4-5-11-22(15)17/h4-11,21H,1-3H3. The molecule has 0 unspecified atom stereocenters. The lowest BCUT2D eigenvalue weighted by molar-refractivity contribution is 0.629. The van der Waals surface area contributed by atoms with Crippen molar-refractivity contribution in [3.63, 3.8) is 0 Å². The fourth-order valence-corrected chi connectivity index (χ4v) is 2.37. The Bertz CT molecular complexity index is 845. The molecule has 4 nitrogen and oxygen atoms in total. The smallest absolute Gasteiger partial charge is 0.139 e. The summed E-state index contributed by atoms with van der Waals surface area (Å²) in [5.41, 5.74) is 3.36. The number of hydrogen-bond donors (Lipinski definition) is 1. The van der Waals surface area contributed by atoms with E-state index in [0.29, 0.717) is 5.56 Å². The second-order valence-corrected chi connectivity index (χ2v) is 6.30. The SMILES string of the molecule is CC(C)(C)Nc1c(-c2ccc(C#N)cc2)nc2ccccn12. The highest BCUT2D eigenvalue weighted by Gasteiger charge is 2.18. The number of imidazole rings is 1. The number of rotatable bonds is 2. The molecule has 0 aliphatic carbocycles. The van der Waals surface area contributed by atoms with Crippen molar-refractivity contribution in [3.05, 3.63) is 54.2 Å². The van der Waals surface area contributed by atoms with Gasteiger partial charge in [0.2, 0.25) is 0 Å². The maximum Gasteiger partial charge on any atom is 0.139 e. The molecule has 0 fully saturated rings. The van der Waals surface area contributed by atoms with Gasteiger partial charge in [-0.2, -0.15) is 5.26 Å². The lowest BCUT2D eigenvalue weighted by Gasteiger charge is -2.22. The first-order valence-corrected chi connectivity index (χ1v) is 7.24. The Morgan fingerprint density at radius 3 is 2.45 bits per heavy atom. The molecule has 3 aromatic rings. The molecule has 0 bridgehead atoms. The number of hydrogen-bond acceptors (Lipinski definition) is 3. The second-order valence-electron chi connectivity index (χ2n) is 6.30. The zero-order valence-corrected chi connectivity index (χ0v) is 13.0. The van der Waals surface area contributed by atoms with Crippen molar-refractivity contribution >= 4 is 11.5 Å². The third-order valence-electron chi connectivity index (χ3n) is 3.31. The van der Waals surface area contributed by atoms with Crippen LogP contribution in [-0.4, -0.2) is 14.9 Å². The summed E-state index contributed by atoms with van der Waals surface area (Å²) in [4.78, 5) is 4.74. The minimum absolute atomic E-state index is 0.0762. The predicted octanol–water partition coefficient (Wildman–Crippen LogP) is 4.08. The molecule has 0 radical (unpaired) electrons. The van der Waals surface area contributed by atoms with Crippen LogP contribution in [0.1, 0.15) is 26.3 Å². The number of pyridine rings is 1. The molecule has 0 saturated carbocycles. The molecule has 4 heteroatoms. The van der Waals surface area contributed by atoms with Gasteiger partial charge in [-0.3, -0.25) is 4.40 Å². The third kappa shape index (κ3) is 2.66. The number of benzene rings is 1. The summed E-state index contributed by atoms with van der Waals surface area (Å²) >= 11 is 0. The Labute approximate surface area is 130 Å². The van der Waals surface area contributed by atoms with Crippen LogP contribution < -0.4 is 5.32 Å². The second kappa shape index (κ2) is 5.19. The van der Waals surface area contributed by atoms with Gasteiger partial charge in [0.25, 0.3) is 0 Å². The summed E-state index contributed by atoms with van der Waals surface area (Å²) in [5.74, 6) is 0.966. The number of aromatic nitrogens is 2. The molecule has 0 atom stereocenters. The fraction of sp³-hybridized carbons (Fsp3) is 0.222. The first-order chi connectivity index (χ1) is 10.5. The molecule has 22 heavy (non-hydrogen) atoms. The summed E-state index contributed by atoms with van der Waals surface area (Å²) in [6, 6.07) is 15.6. The van der Waals surface area contributed by atoms with Gasteiger partial charge >= 0.3 is 0 Å². The molecule has 2 aromatic heterocycles. The molecule has 0 aliphatic rings. The van der Waals surface area contributed by atoms with Gasteiger partial charge in [0.15, 0.2) is 0 Å². The molecule has 0 saturated heterocycles. The lowest BCUT2D eigenvalue weighted by Crippen LogP contribution is -2.27. The van der Waals surface area contributed by atoms with Gasteiger partial charge in [0.1, 0.15) is 17.2 Å². The van der Waals surface area contributed by atoms with Gasteiger partial charge in [-0.05, 0) is 45.0 Å². The maximum absolute atomic E-state index is 8.94. The van der Waals surface area contributed by atoms with E-state index in [9.17, 15) is 0 Å². The average Bonchev–Trinajstić information content (AvgIpc) is 2.84. The Morgan fingerprint density at radius 2 is 1.82 bits per heavy atom. The summed E-state index contributed by atoms with van der Waals surface area (Å²) in [5, 5.41) is 12.5. The minimum Gasteiger partial charge on any atom is -0.365 e. The van der Waals surface area contributed by atoms with Crippen molar-refractivity contribution in [3.8, 4) is 17.3 Å². The van der Waals surface area contributed by atoms with Gasteiger partial charge in [-0.25, -0.2) is 4.98 Å². The van der Waals surface area contributed by atoms with Crippen LogP contribution in [0.25, 0.3) is 16.9 Å². The topological polar surface area (TPSA) is 53.1 Å². The zero-order valence-electron chi connectivity index (χ0n) is 13.0. The van der Waals surface area contributed by atoms with Crippen LogP contribution in [0.2, 0.25) is 0 Å². The number of fused-ring (bicyclic) bond motifs is 1. The highest BCUT2D eigenvalue weighted by atomic mass is 15.2. The number of nitrogens with one attached hydrogen (secondary N) is 1. The van der Waals surface area contributed by atoms with E-state index in [1.54, 1.807) is 0 Å². The summed E-state index contributed by atoms with van der Waals surface area (Å²) < 4.78 is 2.05. The highest BCUT2D eigenvalue weighted by molar-refractivity contribution is 5.77. The van der Waals surface area contributed by atoms with Gasteiger partial charge in [-0.1, -0.05) is 18.2 Å². The largest absolute Gasteiger partial charge is 0.365 e. The Hall–Kier alpha value is -2.80. The van der Waals surface area contributed by atoms with Crippen LogP contribution in [0.3, 0.4) is 0 Å². The van der Waals surface area contributed by atoms with Crippen molar-refractivity contribution < 1.29 is 0 Å². The zero-order chi connectivity index (χ0) is 15.7. The van der Waals surface area contributed by atoms with Crippen LogP contribution in [-0.2, 0) is 0 Å². The molecule has 0 amide bonds. The molecule has 2 heterocycles. The number of nitriles is 1. The van der Waals surface area contributed by atoms with Gasteiger partial charge in [-0.15, -0.1) is 0 Å². The van der Waals surface area contributed by atoms with Crippen molar-refractivity contribution in [2.45, 2.75) is 26.3 Å². The molecule has 0 spiro atoms. The van der Waals surface area contributed by atoms with E-state index >= 15 is 0 Å². The Kier molecular flexibility index (Phi) is 3.34. The molecule has 0 aliphatic heterocycles. The van der Waals surface area contributed by atoms with Crippen LogP contribution in [0.4, 0.5) is 5.82 Å². The molecule has 3 rings (SSSR count). The van der Waals surface area contributed by atoms with Crippen LogP contribution >= 0.6 is 0 Å². The van der Waals surface area contributed by atoms with Crippen LogP contribution in [0.15, 0.2) is 48.7 Å². The van der Waals surface area contributed by atoms with Gasteiger partial charge in [0, 0.05) is 17.3 Å². The van der Waals surface area contributed by atoms with E-state index in [-0.39, 0.29) is 5.54 Å². The lowest BCUT2D eigenvalue weighted by atomic mass is 10.1. The third-order valence-corrected chi connectivity index (χ3v) is 3.31. The quantitative estimate of drug-likeness (QED) is 0.773. The summed E-state index contributed by atoms with van der Waals surface area (Å²) in [6.07, 6.45) is 2.00. The van der Waals surface area contributed by atoms with Crippen molar-refractivity contribution in [1.29, 1.82) is 5.26 Å². The van der Waals surface area contributed by atoms with Crippen molar-refractivity contribution in [1.82, 2.24) is 9.38 Å². The molecule has 1 N–H and O–H groups in total. The van der Waals surface area contributed by atoms with E-state index < -0.39 is 0 Å². The number of anilines is 1. The van der Waals surface area contributed by atoms with Gasteiger partial charge < -0.3 is 5.32 Å². The molecular formula is C18H18N4. The molecule has 1 aromatic carbocycles. The fourth-order valence-electron chi connectivity index (χ4n) is 2.37. The van der Waals surface area contributed by atoms with E-state index in [2.05, 4.69) is 36.6 Å². The van der Waals surface area contributed by atoms with E-state index in [1.807, 2.05) is 48.7 Å². The van der Waals surface area contributed by atoms with E-state index in [4.69, 9.17) is 10.2 Å². The van der Waals surface area contributed by atoms with Crippen LogP contribution in [0, 0.1) is 11.3 Å². The Morgan fingerprint density at radius 1 is 1.09 bits per heavy atom. The molecule has 110 valence electrons. The maximum atomic E-state index is 8.94. The first kappa shape index (κ1) is 14.2. The predicted molar refractivity (Wildman–Crippen MR) is 88.7 cm³/mol. The first-order valence-electron chi connectivity index (χ1n) is 7.24. The van der Waals surface area contributed by atoms with Crippen LogP contribution in [0.5, 0.6) is 0 Å². The number of nitrogens with zero attached hydrogens (tertiary/aromatic N) is 3. The summed E-state index contributed by atoms with van der Waals surface area (Å²) in [7, 11) is 0. The monoisotopic (exact) mass is 290 g/mol. The van der Waals surface area contributed by atoms with Gasteiger partial charge in [0.05, 0.1) is 11.6 Å². The summed E-state index contributed by atoms with van der Waals surface area (Å²) in [6.45, 7) is 6.37. The normalized spacial score (nSPS) is 11.4. The highest BCUT2D eigenvalue weighted by Crippen LogP contribution is 2.30. The van der Waals surface area contributed by atoms with E-state index in [0.717, 1.165) is 22.7 Å². The van der Waals surface area contributed by atoms with Crippen molar-refractivity contribution in [2.75, 3.05) is 5.32 Å². The Balaban J connectivity index is 2.19. The van der Waals surface area contributed by atoms with E-state index in [1.165, 1.54) is 0 Å². The minimum atomic E-state index is -0.0762. The molecular weight excluding hydrogens is 272 g/mol. The van der Waals surface area contributed by atoms with Crippen molar-refractivity contribution in [2.24, 2.45) is 0 Å². The average molecular weight is 290 g/mol.